The van der Waals surface area contributed by atoms with Gasteiger partial charge in [-0.1, -0.05) is 25.7 Å². The Morgan fingerprint density at radius 2 is 1.83 bits per heavy atom. The van der Waals surface area contributed by atoms with E-state index in [9.17, 15) is 4.79 Å². The van der Waals surface area contributed by atoms with Gasteiger partial charge in [-0.05, 0) is 25.7 Å². The number of rotatable bonds is 3. The van der Waals surface area contributed by atoms with Gasteiger partial charge in [0.2, 0.25) is 5.91 Å². The number of hydrogen-bond donors (Lipinski definition) is 2. The number of H-pyrrole nitrogens is 1. The monoisotopic (exact) mass is 247 g/mol. The number of nitrogens with zero attached hydrogens (tertiary/aromatic N) is 1. The number of carbonyl (C=O) groups excluding carboxylic acids is 1. The van der Waals surface area contributed by atoms with Gasteiger partial charge in [0.1, 0.15) is 0 Å². The predicted octanol–water partition coefficient (Wildman–Crippen LogP) is 3.20. The van der Waals surface area contributed by atoms with Crippen LogP contribution in [0.5, 0.6) is 0 Å². The first kappa shape index (κ1) is 11.8. The van der Waals surface area contributed by atoms with E-state index in [4.69, 9.17) is 0 Å². The van der Waals surface area contributed by atoms with Crippen molar-refractivity contribution in [2.75, 3.05) is 5.32 Å². The molecule has 2 saturated carbocycles. The molecule has 0 unspecified atom stereocenters. The van der Waals surface area contributed by atoms with Crippen LogP contribution in [0.1, 0.15) is 63.0 Å². The lowest BCUT2D eigenvalue weighted by Crippen LogP contribution is -2.20. The molecule has 3 rings (SSSR count). The Hall–Kier alpha value is -1.32. The largest absolute Gasteiger partial charge is 0.309 e. The van der Waals surface area contributed by atoms with Crippen LogP contribution < -0.4 is 5.32 Å². The van der Waals surface area contributed by atoms with E-state index in [2.05, 4.69) is 15.5 Å². The minimum absolute atomic E-state index is 0.150. The zero-order chi connectivity index (χ0) is 12.4. The Labute approximate surface area is 108 Å². The van der Waals surface area contributed by atoms with Crippen LogP contribution in [-0.4, -0.2) is 16.1 Å². The second kappa shape index (κ2) is 5.12. The standard InChI is InChI=1S/C14H21N3O/c18-14(11-7-3-4-8-11)15-13-9-12(16-17-13)10-5-1-2-6-10/h9-11H,1-8H2,(H2,15,16,17,18). The fourth-order valence-electron chi connectivity index (χ4n) is 3.26. The fourth-order valence-corrected chi connectivity index (χ4v) is 3.26. The third kappa shape index (κ3) is 2.42. The molecule has 4 nitrogen and oxygen atoms in total. The summed E-state index contributed by atoms with van der Waals surface area (Å²) < 4.78 is 0. The van der Waals surface area contributed by atoms with E-state index in [0.717, 1.165) is 12.8 Å². The second-order valence-corrected chi connectivity index (χ2v) is 5.66. The molecule has 2 fully saturated rings. The minimum atomic E-state index is 0.150. The molecule has 0 saturated heterocycles. The van der Waals surface area contributed by atoms with Crippen molar-refractivity contribution in [2.45, 2.75) is 57.3 Å². The third-order valence-electron chi connectivity index (χ3n) is 4.37. The molecule has 0 spiro atoms. The maximum atomic E-state index is 12.0. The molecule has 1 heterocycles. The van der Waals surface area contributed by atoms with Crippen molar-refractivity contribution >= 4 is 11.7 Å². The van der Waals surface area contributed by atoms with E-state index in [1.807, 2.05) is 6.07 Å². The summed E-state index contributed by atoms with van der Waals surface area (Å²) in [6.45, 7) is 0. The van der Waals surface area contributed by atoms with Crippen LogP contribution in [0.15, 0.2) is 6.07 Å². The van der Waals surface area contributed by atoms with Gasteiger partial charge in [0.05, 0.1) is 0 Å². The van der Waals surface area contributed by atoms with Gasteiger partial charge in [0.15, 0.2) is 5.82 Å². The number of hydrogen-bond acceptors (Lipinski definition) is 2. The first-order valence-corrected chi connectivity index (χ1v) is 7.19. The normalized spacial score (nSPS) is 21.6. The van der Waals surface area contributed by atoms with E-state index in [0.29, 0.717) is 11.7 Å². The van der Waals surface area contributed by atoms with Crippen LogP contribution in [0.25, 0.3) is 0 Å². The summed E-state index contributed by atoms with van der Waals surface area (Å²) in [5.74, 6) is 1.68. The minimum Gasteiger partial charge on any atom is -0.309 e. The smallest absolute Gasteiger partial charge is 0.228 e. The number of nitrogens with one attached hydrogen (secondary N) is 2. The average Bonchev–Trinajstić information content (AvgIpc) is 3.12. The third-order valence-corrected chi connectivity index (χ3v) is 4.37. The predicted molar refractivity (Wildman–Crippen MR) is 70.4 cm³/mol. The first-order chi connectivity index (χ1) is 8.83. The van der Waals surface area contributed by atoms with Crippen LogP contribution in [0, 0.1) is 5.92 Å². The average molecular weight is 247 g/mol. The SMILES string of the molecule is O=C(Nc1cc(C2CCCC2)[nH]n1)C1CCCC1. The number of amides is 1. The Balaban J connectivity index is 1.60. The van der Waals surface area contributed by atoms with Crippen molar-refractivity contribution in [3.8, 4) is 0 Å². The molecule has 0 radical (unpaired) electrons. The van der Waals surface area contributed by atoms with Crippen molar-refractivity contribution < 1.29 is 4.79 Å². The van der Waals surface area contributed by atoms with Gasteiger partial charge >= 0.3 is 0 Å². The molecule has 2 aliphatic rings. The maximum absolute atomic E-state index is 12.0. The molecule has 1 amide bonds. The number of aromatic nitrogens is 2. The first-order valence-electron chi connectivity index (χ1n) is 7.19. The summed E-state index contributed by atoms with van der Waals surface area (Å²) in [5, 5.41) is 10.2. The van der Waals surface area contributed by atoms with Crippen LogP contribution in [0.2, 0.25) is 0 Å². The van der Waals surface area contributed by atoms with E-state index >= 15 is 0 Å². The number of carbonyl (C=O) groups is 1. The molecule has 0 aromatic carbocycles. The molecule has 0 atom stereocenters. The topological polar surface area (TPSA) is 57.8 Å². The van der Waals surface area contributed by atoms with E-state index in [-0.39, 0.29) is 11.8 Å². The van der Waals surface area contributed by atoms with Gasteiger partial charge in [0, 0.05) is 23.6 Å². The van der Waals surface area contributed by atoms with Gasteiger partial charge in [0.25, 0.3) is 0 Å². The van der Waals surface area contributed by atoms with Crippen molar-refractivity contribution in [1.82, 2.24) is 10.2 Å². The van der Waals surface area contributed by atoms with E-state index in [1.165, 1.54) is 44.2 Å². The maximum Gasteiger partial charge on any atom is 0.228 e. The number of anilines is 1. The summed E-state index contributed by atoms with van der Waals surface area (Å²) in [6, 6.07) is 2.02. The molecule has 0 aliphatic heterocycles. The molecule has 0 bridgehead atoms. The summed E-state index contributed by atoms with van der Waals surface area (Å²) in [5.41, 5.74) is 1.19. The van der Waals surface area contributed by atoms with Crippen molar-refractivity contribution in [1.29, 1.82) is 0 Å². The van der Waals surface area contributed by atoms with Crippen LogP contribution in [0.4, 0.5) is 5.82 Å². The summed E-state index contributed by atoms with van der Waals surface area (Å²) in [7, 11) is 0. The molecular formula is C14H21N3O. The lowest BCUT2D eigenvalue weighted by molar-refractivity contribution is -0.119. The second-order valence-electron chi connectivity index (χ2n) is 5.66. The van der Waals surface area contributed by atoms with E-state index < -0.39 is 0 Å². The quantitative estimate of drug-likeness (QED) is 0.861. The lowest BCUT2D eigenvalue weighted by Gasteiger charge is -2.07. The van der Waals surface area contributed by atoms with Gasteiger partial charge < -0.3 is 5.32 Å². The molecule has 1 aromatic heterocycles. The molecule has 2 N–H and O–H groups in total. The van der Waals surface area contributed by atoms with Crippen LogP contribution >= 0.6 is 0 Å². The summed E-state index contributed by atoms with van der Waals surface area (Å²) in [4.78, 5) is 12.0. The van der Waals surface area contributed by atoms with Gasteiger partial charge in [-0.2, -0.15) is 5.10 Å². The van der Waals surface area contributed by atoms with Gasteiger partial charge in [-0.25, -0.2) is 0 Å². The highest BCUT2D eigenvalue weighted by atomic mass is 16.1. The Morgan fingerprint density at radius 3 is 2.56 bits per heavy atom. The summed E-state index contributed by atoms with van der Waals surface area (Å²) in [6.07, 6.45) is 9.56. The highest BCUT2D eigenvalue weighted by Crippen LogP contribution is 2.34. The van der Waals surface area contributed by atoms with Crippen molar-refractivity contribution in [3.05, 3.63) is 11.8 Å². The Morgan fingerprint density at radius 1 is 1.17 bits per heavy atom. The zero-order valence-electron chi connectivity index (χ0n) is 10.7. The van der Waals surface area contributed by atoms with E-state index in [1.54, 1.807) is 0 Å². The molecular weight excluding hydrogens is 226 g/mol. The molecule has 18 heavy (non-hydrogen) atoms. The zero-order valence-corrected chi connectivity index (χ0v) is 10.7. The lowest BCUT2D eigenvalue weighted by atomic mass is 10.0. The molecule has 1 aromatic rings. The van der Waals surface area contributed by atoms with Crippen molar-refractivity contribution in [2.24, 2.45) is 5.92 Å². The fraction of sp³-hybridized carbons (Fsp3) is 0.714. The van der Waals surface area contributed by atoms with Crippen molar-refractivity contribution in [3.63, 3.8) is 0 Å². The highest BCUT2D eigenvalue weighted by molar-refractivity contribution is 5.91. The number of aromatic amines is 1. The van der Waals surface area contributed by atoms with Crippen LogP contribution in [-0.2, 0) is 4.79 Å². The highest BCUT2D eigenvalue weighted by Gasteiger charge is 2.24. The molecule has 98 valence electrons. The van der Waals surface area contributed by atoms with Crippen LogP contribution in [0.3, 0.4) is 0 Å². The molecule has 2 aliphatic carbocycles. The van der Waals surface area contributed by atoms with Gasteiger partial charge in [-0.15, -0.1) is 0 Å². The Kier molecular flexibility index (Phi) is 3.35. The summed E-state index contributed by atoms with van der Waals surface area (Å²) >= 11 is 0. The van der Waals surface area contributed by atoms with Gasteiger partial charge in [-0.3, -0.25) is 9.89 Å². The molecule has 4 heteroatoms. The Bertz CT molecular complexity index is 414.